The van der Waals surface area contributed by atoms with Gasteiger partial charge >= 0.3 is 20.3 Å². The molecular weight excluding hydrogens is 795 g/mol. The molecule has 0 unspecified atom stereocenters. The van der Waals surface area contributed by atoms with Crippen molar-refractivity contribution in [2.75, 3.05) is 24.1 Å². The predicted molar refractivity (Wildman–Crippen MR) is 196 cm³/mol. The fourth-order valence-corrected chi connectivity index (χ4v) is 5.37. The molecule has 4 rings (SSSR count). The number of urea groups is 2. The van der Waals surface area contributed by atoms with E-state index in [1.807, 2.05) is 60.7 Å². The second-order valence-electron chi connectivity index (χ2n) is 10.5. The Hall–Kier alpha value is -4.66. The van der Waals surface area contributed by atoms with E-state index in [-0.39, 0.29) is 12.8 Å². The molecule has 6 amide bonds. The minimum atomic E-state index is -2.77. The van der Waals surface area contributed by atoms with E-state index in [2.05, 4.69) is 63.8 Å². The van der Waals surface area contributed by atoms with Crippen molar-refractivity contribution < 1.29 is 32.8 Å². The second-order valence-corrected chi connectivity index (χ2v) is 13.3. The Morgan fingerprint density at radius 2 is 0.920 bits per heavy atom. The largest absolute Gasteiger partial charge is 0.701 e. The Balaban J connectivity index is 1.24. The van der Waals surface area contributed by atoms with Crippen molar-refractivity contribution in [1.82, 2.24) is 21.3 Å². The summed E-state index contributed by atoms with van der Waals surface area (Å²) in [5.74, 6) is -1.18. The molecule has 6 N–H and O–H groups in total. The van der Waals surface area contributed by atoms with Crippen LogP contribution in [0.15, 0.2) is 118 Å². The molecule has 4 aromatic carbocycles. The van der Waals surface area contributed by atoms with Crippen LogP contribution in [-0.4, -0.2) is 49.4 Å². The molecule has 260 valence electrons. The monoisotopic (exact) mass is 827 g/mol. The van der Waals surface area contributed by atoms with Crippen LogP contribution >= 0.6 is 40.1 Å². The molecular formula is C34H34Br2N6O7P+. The van der Waals surface area contributed by atoms with Crippen molar-refractivity contribution in [3.05, 3.63) is 129 Å². The maximum atomic E-state index is 13.0. The third-order valence-electron chi connectivity index (χ3n) is 6.85. The summed E-state index contributed by atoms with van der Waals surface area (Å²) in [6.45, 7) is -1.00. The molecule has 0 saturated carbocycles. The maximum absolute atomic E-state index is 13.0. The van der Waals surface area contributed by atoms with Gasteiger partial charge in [-0.15, -0.1) is 0 Å². The minimum Gasteiger partial charge on any atom is -0.327 e. The Labute approximate surface area is 306 Å². The number of halogens is 2. The smallest absolute Gasteiger partial charge is 0.327 e. The Bertz CT molecular complexity index is 1610. The van der Waals surface area contributed by atoms with Gasteiger partial charge in [0, 0.05) is 37.7 Å². The number of rotatable bonds is 16. The van der Waals surface area contributed by atoms with Gasteiger partial charge < -0.3 is 31.9 Å². The van der Waals surface area contributed by atoms with E-state index in [9.17, 15) is 23.7 Å². The summed E-state index contributed by atoms with van der Waals surface area (Å²) in [4.78, 5) is 51.4. The van der Waals surface area contributed by atoms with Crippen LogP contribution in [0.25, 0.3) is 0 Å². The van der Waals surface area contributed by atoms with E-state index in [1.165, 1.54) is 0 Å². The molecule has 13 nitrogen and oxygen atoms in total. The van der Waals surface area contributed by atoms with E-state index in [1.54, 1.807) is 48.5 Å². The first kappa shape index (κ1) is 38.1. The van der Waals surface area contributed by atoms with Crippen LogP contribution in [0.4, 0.5) is 21.0 Å². The molecule has 0 aliphatic carbocycles. The first-order valence-electron chi connectivity index (χ1n) is 15.2. The summed E-state index contributed by atoms with van der Waals surface area (Å²) in [5, 5.41) is 15.6. The molecule has 0 aliphatic rings. The van der Waals surface area contributed by atoms with E-state index >= 15 is 0 Å². The van der Waals surface area contributed by atoms with Gasteiger partial charge in [-0.25, -0.2) is 9.59 Å². The fourth-order valence-electron chi connectivity index (χ4n) is 4.43. The van der Waals surface area contributed by atoms with Crippen LogP contribution < -0.4 is 31.9 Å². The number of nitrogens with one attached hydrogen (secondary N) is 6. The molecule has 4 aromatic rings. The SMILES string of the molecule is O=C(Nc1ccc(Br)cc1)N[C@@H](Cc1ccccc1)C(=O)NCO[P+](=O)OCNC(=O)[C@H](Cc1ccccc1)NC(=O)Nc1ccc(Br)cc1. The Morgan fingerprint density at radius 1 is 0.560 bits per heavy atom. The fraction of sp³-hybridized carbons (Fsp3) is 0.176. The number of hydrogen-bond acceptors (Lipinski definition) is 7. The zero-order valence-electron chi connectivity index (χ0n) is 26.4. The number of anilines is 2. The van der Waals surface area contributed by atoms with Gasteiger partial charge in [0.15, 0.2) is 13.5 Å². The van der Waals surface area contributed by atoms with Crippen LogP contribution in [0.3, 0.4) is 0 Å². The lowest BCUT2D eigenvalue weighted by Crippen LogP contribution is -2.49. The zero-order valence-corrected chi connectivity index (χ0v) is 30.5. The summed E-state index contributed by atoms with van der Waals surface area (Å²) in [7, 11) is -2.77. The highest BCUT2D eigenvalue weighted by atomic mass is 79.9. The Kier molecular flexibility index (Phi) is 15.3. The van der Waals surface area contributed by atoms with Gasteiger partial charge in [0.1, 0.15) is 12.1 Å². The normalized spacial score (nSPS) is 11.7. The van der Waals surface area contributed by atoms with Crippen molar-refractivity contribution >= 4 is 75.4 Å². The average molecular weight is 829 g/mol. The third-order valence-corrected chi connectivity index (χ3v) is 8.58. The molecule has 0 radical (unpaired) electrons. The molecule has 0 spiro atoms. The number of hydrogen-bond donors (Lipinski definition) is 6. The molecule has 2 atom stereocenters. The third kappa shape index (κ3) is 13.7. The minimum absolute atomic E-state index is 0.175. The van der Waals surface area contributed by atoms with Gasteiger partial charge in [-0.1, -0.05) is 102 Å². The summed E-state index contributed by atoms with van der Waals surface area (Å²) in [6.07, 6.45) is 0.350. The lowest BCUT2D eigenvalue weighted by molar-refractivity contribution is -0.124. The number of carbonyl (C=O) groups is 4. The highest BCUT2D eigenvalue weighted by Gasteiger charge is 2.27. The number of benzene rings is 4. The molecule has 0 aromatic heterocycles. The standard InChI is InChI=1S/C34H33Br2N6O7P/c35-25-11-15-27(16-12-25)39-33(45)41-29(19-23-7-3-1-4-8-23)31(43)37-21-48-50(47)49-22-38-32(44)30(20-24-9-5-2-6-10-24)42-34(46)40-28-17-13-26(36)14-18-28/h1-18,29-30H,19-22H2,(H5-,37,38,39,40,41,42,43,44,45,46)/p+1/t29-,30-/m0/s1. The van der Waals surface area contributed by atoms with Crippen molar-refractivity contribution in [2.45, 2.75) is 24.9 Å². The average Bonchev–Trinajstić information content (AvgIpc) is 3.10. The van der Waals surface area contributed by atoms with Crippen LogP contribution in [-0.2, 0) is 36.0 Å². The molecule has 0 aliphatic heterocycles. The number of amides is 6. The quantitative estimate of drug-likeness (QED) is 0.0575. The van der Waals surface area contributed by atoms with Crippen molar-refractivity contribution in [2.24, 2.45) is 0 Å². The summed E-state index contributed by atoms with van der Waals surface area (Å²) < 4.78 is 24.2. The zero-order chi connectivity index (χ0) is 35.7. The lowest BCUT2D eigenvalue weighted by atomic mass is 10.1. The van der Waals surface area contributed by atoms with Gasteiger partial charge in [-0.05, 0) is 59.7 Å². The van der Waals surface area contributed by atoms with Crippen molar-refractivity contribution in [3.63, 3.8) is 0 Å². The molecule has 50 heavy (non-hydrogen) atoms. The van der Waals surface area contributed by atoms with Crippen molar-refractivity contribution in [3.8, 4) is 0 Å². The van der Waals surface area contributed by atoms with Crippen LogP contribution in [0.5, 0.6) is 0 Å². The van der Waals surface area contributed by atoms with Crippen LogP contribution in [0, 0.1) is 0 Å². The molecule has 16 heteroatoms. The van der Waals surface area contributed by atoms with Crippen LogP contribution in [0.2, 0.25) is 0 Å². The second kappa shape index (κ2) is 20.1. The molecule has 0 saturated heterocycles. The van der Waals surface area contributed by atoms with E-state index < -0.39 is 57.7 Å². The Morgan fingerprint density at radius 3 is 1.28 bits per heavy atom. The molecule has 0 heterocycles. The van der Waals surface area contributed by atoms with Crippen LogP contribution in [0.1, 0.15) is 11.1 Å². The summed E-state index contributed by atoms with van der Waals surface area (Å²) >= 11 is 6.68. The maximum Gasteiger partial charge on any atom is 0.701 e. The van der Waals surface area contributed by atoms with Gasteiger partial charge in [-0.3, -0.25) is 9.59 Å². The van der Waals surface area contributed by atoms with Gasteiger partial charge in [0.2, 0.25) is 11.8 Å². The first-order chi connectivity index (χ1) is 24.1. The number of carbonyl (C=O) groups excluding carboxylic acids is 4. The van der Waals surface area contributed by atoms with E-state index in [0.717, 1.165) is 20.1 Å². The van der Waals surface area contributed by atoms with Gasteiger partial charge in [0.05, 0.1) is 0 Å². The topological polar surface area (TPSA) is 176 Å². The van der Waals surface area contributed by atoms with Crippen molar-refractivity contribution in [1.29, 1.82) is 0 Å². The predicted octanol–water partition coefficient (Wildman–Crippen LogP) is 6.22. The van der Waals surface area contributed by atoms with E-state index in [4.69, 9.17) is 9.05 Å². The summed E-state index contributed by atoms with van der Waals surface area (Å²) in [5.41, 5.74) is 2.66. The summed E-state index contributed by atoms with van der Waals surface area (Å²) in [6, 6.07) is 28.9. The van der Waals surface area contributed by atoms with Gasteiger partial charge in [0.25, 0.3) is 0 Å². The molecule has 0 bridgehead atoms. The van der Waals surface area contributed by atoms with E-state index in [0.29, 0.717) is 11.4 Å². The first-order valence-corrected chi connectivity index (χ1v) is 17.9. The lowest BCUT2D eigenvalue weighted by Gasteiger charge is -2.18. The highest BCUT2D eigenvalue weighted by molar-refractivity contribution is 9.10. The molecule has 0 fully saturated rings. The van der Waals surface area contributed by atoms with Gasteiger partial charge in [-0.2, -0.15) is 0 Å². The highest BCUT2D eigenvalue weighted by Crippen LogP contribution is 2.22.